The highest BCUT2D eigenvalue weighted by Crippen LogP contribution is 2.31. The van der Waals surface area contributed by atoms with E-state index in [2.05, 4.69) is 15.9 Å². The topological polar surface area (TPSA) is 44.8 Å². The Labute approximate surface area is 148 Å². The third-order valence-electron chi connectivity index (χ3n) is 3.60. The summed E-state index contributed by atoms with van der Waals surface area (Å²) in [7, 11) is 3.17. The summed E-state index contributed by atoms with van der Waals surface area (Å²) < 4.78 is 16.9. The number of carbonyl (C=O) groups is 1. The van der Waals surface area contributed by atoms with Crippen LogP contribution in [0.4, 0.5) is 0 Å². The maximum absolute atomic E-state index is 12.2. The van der Waals surface area contributed by atoms with Crippen molar-refractivity contribution in [3.8, 4) is 11.5 Å². The van der Waals surface area contributed by atoms with E-state index in [1.807, 2.05) is 30.3 Å². The van der Waals surface area contributed by atoms with Crippen molar-refractivity contribution in [2.45, 2.75) is 0 Å². The number of methoxy groups -OCH3 is 2. The van der Waals surface area contributed by atoms with Gasteiger partial charge in [-0.3, -0.25) is 0 Å². The minimum Gasteiger partial charge on any atom is -0.497 e. The zero-order chi connectivity index (χ0) is 17.1. The molecule has 0 saturated carbocycles. The van der Waals surface area contributed by atoms with Crippen LogP contribution in [0.15, 0.2) is 58.6 Å². The van der Waals surface area contributed by atoms with E-state index >= 15 is 0 Å². The van der Waals surface area contributed by atoms with Crippen molar-refractivity contribution in [3.63, 3.8) is 0 Å². The van der Waals surface area contributed by atoms with E-state index in [0.29, 0.717) is 22.8 Å². The van der Waals surface area contributed by atoms with Gasteiger partial charge in [0.25, 0.3) is 0 Å². The van der Waals surface area contributed by atoms with Crippen molar-refractivity contribution in [2.75, 3.05) is 14.2 Å². The second-order valence-corrected chi connectivity index (χ2v) is 6.03. The molecule has 0 unspecified atom stereocenters. The van der Waals surface area contributed by atoms with E-state index in [-0.39, 0.29) is 0 Å². The Balaban J connectivity index is 1.98. The van der Waals surface area contributed by atoms with E-state index < -0.39 is 5.97 Å². The van der Waals surface area contributed by atoms with Gasteiger partial charge in [0, 0.05) is 15.6 Å². The summed E-state index contributed by atoms with van der Waals surface area (Å²) in [5.74, 6) is 1.48. The number of hydrogen-bond donors (Lipinski definition) is 0. The second-order valence-electron chi connectivity index (χ2n) is 5.11. The summed E-state index contributed by atoms with van der Waals surface area (Å²) in [5.41, 5.74) is 2.05. The van der Waals surface area contributed by atoms with Crippen molar-refractivity contribution in [3.05, 3.63) is 69.7 Å². The number of hydrogen-bond acceptors (Lipinski definition) is 4. The van der Waals surface area contributed by atoms with Gasteiger partial charge in [0.1, 0.15) is 17.3 Å². The molecule has 1 aliphatic rings. The highest BCUT2D eigenvalue weighted by Gasteiger charge is 2.22. The van der Waals surface area contributed by atoms with Crippen molar-refractivity contribution >= 4 is 33.7 Å². The van der Waals surface area contributed by atoms with Gasteiger partial charge in [0.2, 0.25) is 0 Å². The summed E-state index contributed by atoms with van der Waals surface area (Å²) >= 11 is 3.39. The van der Waals surface area contributed by atoms with Gasteiger partial charge in [-0.2, -0.15) is 0 Å². The molecule has 1 heterocycles. The van der Waals surface area contributed by atoms with Crippen LogP contribution in [0.2, 0.25) is 0 Å². The van der Waals surface area contributed by atoms with Gasteiger partial charge in [0.15, 0.2) is 0 Å². The van der Waals surface area contributed by atoms with Crippen LogP contribution in [0.1, 0.15) is 11.1 Å². The summed E-state index contributed by atoms with van der Waals surface area (Å²) in [6.45, 7) is 0. The summed E-state index contributed by atoms with van der Waals surface area (Å²) in [5, 5.41) is 0. The minimum atomic E-state index is -0.391. The number of carbonyl (C=O) groups excluding carboxylic acids is 1. The molecule has 2 aromatic rings. The van der Waals surface area contributed by atoms with E-state index in [4.69, 9.17) is 14.2 Å². The first kappa shape index (κ1) is 16.3. The standard InChI is InChI=1S/C19H15BrO4/c1-22-16-7-8-17(23-2)13(10-16)9-14-11-18(24-19(14)21)12-3-5-15(20)6-4-12/h3-11H,1-2H3. The fourth-order valence-electron chi connectivity index (χ4n) is 2.37. The van der Waals surface area contributed by atoms with E-state index in [1.165, 1.54) is 0 Å². The Bertz CT molecular complexity index is 835. The average molecular weight is 387 g/mol. The highest BCUT2D eigenvalue weighted by molar-refractivity contribution is 9.10. The molecular formula is C19H15BrO4. The van der Waals surface area contributed by atoms with Gasteiger partial charge >= 0.3 is 5.97 Å². The van der Waals surface area contributed by atoms with Crippen molar-refractivity contribution in [2.24, 2.45) is 0 Å². The monoisotopic (exact) mass is 386 g/mol. The van der Waals surface area contributed by atoms with Crippen LogP contribution in [0.3, 0.4) is 0 Å². The van der Waals surface area contributed by atoms with Crippen LogP contribution in [0.25, 0.3) is 11.8 Å². The lowest BCUT2D eigenvalue weighted by atomic mass is 10.1. The van der Waals surface area contributed by atoms with Crippen LogP contribution in [0.5, 0.6) is 11.5 Å². The number of halogens is 1. The minimum absolute atomic E-state index is 0.391. The van der Waals surface area contributed by atoms with Crippen molar-refractivity contribution < 1.29 is 19.0 Å². The lowest BCUT2D eigenvalue weighted by Gasteiger charge is -2.07. The Morgan fingerprint density at radius 3 is 2.46 bits per heavy atom. The van der Waals surface area contributed by atoms with Crippen LogP contribution in [-0.4, -0.2) is 20.2 Å². The van der Waals surface area contributed by atoms with E-state index in [0.717, 1.165) is 15.6 Å². The quantitative estimate of drug-likeness (QED) is 0.575. The van der Waals surface area contributed by atoms with Gasteiger partial charge < -0.3 is 14.2 Å². The first-order valence-electron chi connectivity index (χ1n) is 7.24. The van der Waals surface area contributed by atoms with Gasteiger partial charge in [-0.05, 0) is 42.5 Å². The third kappa shape index (κ3) is 3.36. The Morgan fingerprint density at radius 1 is 1.04 bits per heavy atom. The van der Waals surface area contributed by atoms with Gasteiger partial charge in [-0.25, -0.2) is 4.79 Å². The van der Waals surface area contributed by atoms with Crippen molar-refractivity contribution in [1.29, 1.82) is 0 Å². The molecule has 0 N–H and O–H groups in total. The average Bonchev–Trinajstić information content (AvgIpc) is 2.96. The SMILES string of the molecule is COc1ccc(OC)c(C=C2C=C(c3ccc(Br)cc3)OC2=O)c1. The molecule has 4 nitrogen and oxygen atoms in total. The lowest BCUT2D eigenvalue weighted by molar-refractivity contribution is -0.130. The molecule has 1 aliphatic heterocycles. The maximum atomic E-state index is 12.2. The maximum Gasteiger partial charge on any atom is 0.343 e. The van der Waals surface area contributed by atoms with Crippen molar-refractivity contribution in [1.82, 2.24) is 0 Å². The van der Waals surface area contributed by atoms with E-state index in [9.17, 15) is 4.79 Å². The van der Waals surface area contributed by atoms with Gasteiger partial charge in [0.05, 0.1) is 19.8 Å². The number of esters is 1. The predicted molar refractivity (Wildman–Crippen MR) is 95.7 cm³/mol. The summed E-state index contributed by atoms with van der Waals surface area (Å²) in [4.78, 5) is 12.2. The molecule has 0 bridgehead atoms. The molecule has 2 aromatic carbocycles. The molecular weight excluding hydrogens is 372 g/mol. The number of cyclic esters (lactones) is 1. The van der Waals surface area contributed by atoms with E-state index in [1.54, 1.807) is 38.5 Å². The molecule has 0 saturated heterocycles. The Morgan fingerprint density at radius 2 is 1.79 bits per heavy atom. The largest absolute Gasteiger partial charge is 0.497 e. The molecule has 0 spiro atoms. The van der Waals surface area contributed by atoms with Gasteiger partial charge in [-0.1, -0.05) is 28.1 Å². The third-order valence-corrected chi connectivity index (χ3v) is 4.13. The Hall–Kier alpha value is -2.53. The molecule has 0 aliphatic carbocycles. The molecule has 3 rings (SSSR count). The Kier molecular flexibility index (Phi) is 4.71. The van der Waals surface area contributed by atoms with Crippen LogP contribution >= 0.6 is 15.9 Å². The molecule has 122 valence electrons. The molecule has 0 amide bonds. The summed E-state index contributed by atoms with van der Waals surface area (Å²) in [6.07, 6.45) is 3.46. The molecule has 24 heavy (non-hydrogen) atoms. The number of benzene rings is 2. The second kappa shape index (κ2) is 6.93. The van der Waals surface area contributed by atoms with Crippen LogP contribution in [-0.2, 0) is 9.53 Å². The van der Waals surface area contributed by atoms with Gasteiger partial charge in [-0.15, -0.1) is 0 Å². The predicted octanol–water partition coefficient (Wildman–Crippen LogP) is 4.45. The summed E-state index contributed by atoms with van der Waals surface area (Å²) in [6, 6.07) is 13.0. The zero-order valence-corrected chi connectivity index (χ0v) is 14.8. The lowest BCUT2D eigenvalue weighted by Crippen LogP contribution is -1.98. The smallest absolute Gasteiger partial charge is 0.343 e. The first-order valence-corrected chi connectivity index (χ1v) is 8.03. The molecule has 0 atom stereocenters. The zero-order valence-electron chi connectivity index (χ0n) is 13.2. The van der Waals surface area contributed by atoms with Crippen LogP contribution < -0.4 is 9.47 Å². The number of ether oxygens (including phenoxy) is 3. The molecule has 0 radical (unpaired) electrons. The van der Waals surface area contributed by atoms with Crippen LogP contribution in [0, 0.1) is 0 Å². The fraction of sp³-hybridized carbons (Fsp3) is 0.105. The molecule has 5 heteroatoms. The number of rotatable bonds is 4. The highest BCUT2D eigenvalue weighted by atomic mass is 79.9. The normalized spacial score (nSPS) is 15.2. The molecule has 0 fully saturated rings. The fourth-order valence-corrected chi connectivity index (χ4v) is 2.63. The molecule has 0 aromatic heterocycles. The first-order chi connectivity index (χ1) is 11.6.